The van der Waals surface area contributed by atoms with E-state index in [1.165, 1.54) is 6.92 Å². The van der Waals surface area contributed by atoms with Crippen LogP contribution < -0.4 is 5.43 Å². The van der Waals surface area contributed by atoms with Crippen LogP contribution in [-0.2, 0) is 4.79 Å². The van der Waals surface area contributed by atoms with Gasteiger partial charge in [-0.05, 0) is 18.6 Å². The minimum atomic E-state index is -0.0806. The van der Waals surface area contributed by atoms with Crippen LogP contribution in [0.2, 0.25) is 0 Å². The molecule has 0 aliphatic carbocycles. The standard InChI is InChI=1S/C17H16N2O/c1-12-7-6-10-15-11-16(14-8-4-3-5-9-14)19(17(12)15)18-13(2)20/h3-11H,1-2H3,(H,18,20). The number of hydrogen-bond acceptors (Lipinski definition) is 1. The Labute approximate surface area is 117 Å². The maximum Gasteiger partial charge on any atom is 0.235 e. The zero-order chi connectivity index (χ0) is 14.1. The number of nitrogens with one attached hydrogen (secondary N) is 1. The van der Waals surface area contributed by atoms with Gasteiger partial charge in [0.2, 0.25) is 5.91 Å². The average Bonchev–Trinajstić information content (AvgIpc) is 2.79. The quantitative estimate of drug-likeness (QED) is 0.752. The minimum Gasteiger partial charge on any atom is -0.274 e. The second kappa shape index (κ2) is 4.85. The van der Waals surface area contributed by atoms with Gasteiger partial charge >= 0.3 is 0 Å². The Kier molecular flexibility index (Phi) is 3.03. The first kappa shape index (κ1) is 12.5. The van der Waals surface area contributed by atoms with Crippen LogP contribution in [0.3, 0.4) is 0 Å². The molecule has 20 heavy (non-hydrogen) atoms. The number of fused-ring (bicyclic) bond motifs is 1. The molecule has 1 aromatic heterocycles. The smallest absolute Gasteiger partial charge is 0.235 e. The average molecular weight is 264 g/mol. The molecule has 0 aliphatic heterocycles. The fourth-order valence-corrected chi connectivity index (χ4v) is 2.53. The van der Waals surface area contributed by atoms with E-state index in [1.807, 2.05) is 41.1 Å². The van der Waals surface area contributed by atoms with Crippen molar-refractivity contribution in [2.24, 2.45) is 0 Å². The maximum absolute atomic E-state index is 11.5. The lowest BCUT2D eigenvalue weighted by Gasteiger charge is -2.12. The Morgan fingerprint density at radius 3 is 2.50 bits per heavy atom. The number of hydrogen-bond donors (Lipinski definition) is 1. The summed E-state index contributed by atoms with van der Waals surface area (Å²) in [4.78, 5) is 11.5. The third-order valence-electron chi connectivity index (χ3n) is 3.36. The van der Waals surface area contributed by atoms with E-state index in [-0.39, 0.29) is 5.91 Å². The molecule has 3 heteroatoms. The van der Waals surface area contributed by atoms with Crippen LogP contribution in [0, 0.1) is 6.92 Å². The molecule has 100 valence electrons. The van der Waals surface area contributed by atoms with E-state index in [1.54, 1.807) is 0 Å². The molecule has 3 aromatic rings. The highest BCUT2D eigenvalue weighted by Gasteiger charge is 2.12. The molecule has 0 bridgehead atoms. The van der Waals surface area contributed by atoms with Crippen LogP contribution in [-0.4, -0.2) is 10.6 Å². The third kappa shape index (κ3) is 2.07. The summed E-state index contributed by atoms with van der Waals surface area (Å²) in [5.41, 5.74) is 7.17. The highest BCUT2D eigenvalue weighted by Crippen LogP contribution is 2.28. The molecule has 0 spiro atoms. The topological polar surface area (TPSA) is 34.0 Å². The third-order valence-corrected chi connectivity index (χ3v) is 3.36. The van der Waals surface area contributed by atoms with Crippen molar-refractivity contribution in [2.75, 3.05) is 5.43 Å². The van der Waals surface area contributed by atoms with Crippen LogP contribution in [0.5, 0.6) is 0 Å². The molecule has 0 saturated heterocycles. The summed E-state index contributed by atoms with van der Waals surface area (Å²) in [5.74, 6) is -0.0806. The van der Waals surface area contributed by atoms with Crippen molar-refractivity contribution in [3.63, 3.8) is 0 Å². The van der Waals surface area contributed by atoms with Crippen molar-refractivity contribution < 1.29 is 4.79 Å². The van der Waals surface area contributed by atoms with Crippen molar-refractivity contribution in [3.05, 3.63) is 60.2 Å². The molecule has 0 aliphatic rings. The van der Waals surface area contributed by atoms with E-state index in [0.717, 1.165) is 27.7 Å². The molecule has 1 N–H and O–H groups in total. The number of benzene rings is 2. The fraction of sp³-hybridized carbons (Fsp3) is 0.118. The van der Waals surface area contributed by atoms with Gasteiger partial charge in [0.1, 0.15) is 0 Å². The van der Waals surface area contributed by atoms with Crippen molar-refractivity contribution in [1.29, 1.82) is 0 Å². The van der Waals surface area contributed by atoms with Gasteiger partial charge in [-0.15, -0.1) is 0 Å². The maximum atomic E-state index is 11.5. The van der Waals surface area contributed by atoms with E-state index in [9.17, 15) is 4.79 Å². The number of amides is 1. The predicted molar refractivity (Wildman–Crippen MR) is 82.2 cm³/mol. The summed E-state index contributed by atoms with van der Waals surface area (Å²) in [6, 6.07) is 18.3. The number of nitrogens with zero attached hydrogens (tertiary/aromatic N) is 1. The second-order valence-electron chi connectivity index (χ2n) is 4.91. The number of rotatable bonds is 2. The van der Waals surface area contributed by atoms with Crippen LogP contribution in [0.25, 0.3) is 22.2 Å². The summed E-state index contributed by atoms with van der Waals surface area (Å²) in [7, 11) is 0. The molecule has 0 atom stereocenters. The highest BCUT2D eigenvalue weighted by molar-refractivity contribution is 5.93. The normalized spacial score (nSPS) is 10.7. The Bertz CT molecular complexity index is 772. The van der Waals surface area contributed by atoms with Crippen molar-refractivity contribution in [1.82, 2.24) is 4.68 Å². The van der Waals surface area contributed by atoms with Gasteiger partial charge in [0.25, 0.3) is 0 Å². The Morgan fingerprint density at radius 1 is 1.05 bits per heavy atom. The summed E-state index contributed by atoms with van der Waals surface area (Å²) in [6.07, 6.45) is 0. The number of aromatic nitrogens is 1. The van der Waals surface area contributed by atoms with Gasteiger partial charge < -0.3 is 0 Å². The number of aryl methyl sites for hydroxylation is 1. The number of para-hydroxylation sites is 1. The molecule has 0 unspecified atom stereocenters. The SMILES string of the molecule is CC(=O)Nn1c(-c2ccccc2)cc2cccc(C)c21. The summed E-state index contributed by atoms with van der Waals surface area (Å²) < 4.78 is 1.88. The zero-order valence-corrected chi connectivity index (χ0v) is 11.6. The van der Waals surface area contributed by atoms with Crippen LogP contribution >= 0.6 is 0 Å². The molecule has 3 nitrogen and oxygen atoms in total. The number of carbonyl (C=O) groups excluding carboxylic acids is 1. The van der Waals surface area contributed by atoms with Crippen LogP contribution in [0.15, 0.2) is 54.6 Å². The zero-order valence-electron chi connectivity index (χ0n) is 11.6. The van der Waals surface area contributed by atoms with E-state index >= 15 is 0 Å². The molecule has 1 heterocycles. The van der Waals surface area contributed by atoms with Crippen molar-refractivity contribution >= 4 is 16.8 Å². The molecular formula is C17H16N2O. The van der Waals surface area contributed by atoms with E-state index in [2.05, 4.69) is 30.5 Å². The lowest BCUT2D eigenvalue weighted by Crippen LogP contribution is -2.20. The van der Waals surface area contributed by atoms with Gasteiger partial charge in [0.05, 0.1) is 11.2 Å². The van der Waals surface area contributed by atoms with E-state index < -0.39 is 0 Å². The number of carbonyl (C=O) groups is 1. The summed E-state index contributed by atoms with van der Waals surface area (Å²) in [6.45, 7) is 3.58. The van der Waals surface area contributed by atoms with Gasteiger partial charge in [0, 0.05) is 17.9 Å². The lowest BCUT2D eigenvalue weighted by atomic mass is 10.1. The van der Waals surface area contributed by atoms with Gasteiger partial charge in [-0.25, -0.2) is 0 Å². The molecule has 1 amide bonds. The van der Waals surface area contributed by atoms with Crippen molar-refractivity contribution in [2.45, 2.75) is 13.8 Å². The first-order chi connectivity index (χ1) is 9.66. The molecule has 3 rings (SSSR count). The molecule has 0 fully saturated rings. The van der Waals surface area contributed by atoms with Crippen molar-refractivity contribution in [3.8, 4) is 11.3 Å². The molecule has 2 aromatic carbocycles. The second-order valence-corrected chi connectivity index (χ2v) is 4.91. The Hall–Kier alpha value is -2.55. The van der Waals surface area contributed by atoms with Gasteiger partial charge in [-0.3, -0.25) is 14.9 Å². The first-order valence-electron chi connectivity index (χ1n) is 6.61. The minimum absolute atomic E-state index is 0.0806. The summed E-state index contributed by atoms with van der Waals surface area (Å²) >= 11 is 0. The first-order valence-corrected chi connectivity index (χ1v) is 6.61. The van der Waals surface area contributed by atoms with Crippen LogP contribution in [0.1, 0.15) is 12.5 Å². The van der Waals surface area contributed by atoms with E-state index in [0.29, 0.717) is 0 Å². The lowest BCUT2D eigenvalue weighted by molar-refractivity contribution is -0.115. The van der Waals surface area contributed by atoms with Gasteiger partial charge in [-0.1, -0.05) is 48.5 Å². The largest absolute Gasteiger partial charge is 0.274 e. The van der Waals surface area contributed by atoms with E-state index in [4.69, 9.17) is 0 Å². The molecule has 0 saturated carbocycles. The monoisotopic (exact) mass is 264 g/mol. The summed E-state index contributed by atoms with van der Waals surface area (Å²) in [5, 5.41) is 1.12. The Balaban J connectivity index is 2.31. The van der Waals surface area contributed by atoms with Gasteiger partial charge in [-0.2, -0.15) is 0 Å². The fourth-order valence-electron chi connectivity index (χ4n) is 2.53. The molecular weight excluding hydrogens is 248 g/mol. The highest BCUT2D eigenvalue weighted by atomic mass is 16.2. The Morgan fingerprint density at radius 2 is 1.80 bits per heavy atom. The van der Waals surface area contributed by atoms with Crippen LogP contribution in [0.4, 0.5) is 0 Å². The van der Waals surface area contributed by atoms with Gasteiger partial charge in [0.15, 0.2) is 0 Å². The predicted octanol–water partition coefficient (Wildman–Crippen LogP) is 3.71. The molecule has 0 radical (unpaired) electrons.